The third-order valence-electron chi connectivity index (χ3n) is 1.43. The van der Waals surface area contributed by atoms with Crippen LogP contribution in [-0.2, 0) is 22.5 Å². The highest BCUT2D eigenvalue weighted by molar-refractivity contribution is 7.81. The van der Waals surface area contributed by atoms with E-state index in [9.17, 15) is 13.5 Å². The van der Waals surface area contributed by atoms with Crippen LogP contribution in [-0.4, -0.2) is 22.6 Å². The minimum atomic E-state index is -2.38. The van der Waals surface area contributed by atoms with Gasteiger partial charge in [0.25, 0.3) is 22.5 Å². The summed E-state index contributed by atoms with van der Waals surface area (Å²) in [5.41, 5.74) is -0.0843. The maximum absolute atomic E-state index is 10.5. The summed E-state index contributed by atoms with van der Waals surface area (Å²) < 4.78 is 42.2. The molecule has 0 aliphatic heterocycles. The van der Waals surface area contributed by atoms with Crippen LogP contribution in [0, 0.1) is 0 Å². The zero-order valence-corrected chi connectivity index (χ0v) is 8.84. The van der Waals surface area contributed by atoms with Crippen molar-refractivity contribution < 1.29 is 22.6 Å². The van der Waals surface area contributed by atoms with Gasteiger partial charge in [-0.05, 0) is 12.1 Å². The van der Waals surface area contributed by atoms with Gasteiger partial charge in [0.05, 0.1) is 5.69 Å². The summed E-state index contributed by atoms with van der Waals surface area (Å²) in [6, 6.07) is 4.04. The van der Waals surface area contributed by atoms with Crippen molar-refractivity contribution >= 4 is 33.9 Å². The van der Waals surface area contributed by atoms with Crippen LogP contribution in [0.3, 0.4) is 0 Å². The van der Waals surface area contributed by atoms with Gasteiger partial charge < -0.3 is 5.11 Å². The molecule has 1 rings (SSSR count). The van der Waals surface area contributed by atoms with Crippen molar-refractivity contribution in [3.63, 3.8) is 0 Å². The van der Waals surface area contributed by atoms with Crippen LogP contribution in [0.5, 0.6) is 5.75 Å². The van der Waals surface area contributed by atoms with Crippen molar-refractivity contribution in [2.24, 2.45) is 0 Å². The molecule has 1 aromatic rings. The second kappa shape index (κ2) is 5.07. The minimum absolute atomic E-state index is 0.0400. The Bertz CT molecular complexity index is 411. The molecular formula is C6H8N2O5S2. The number of rotatable bonds is 4. The highest BCUT2D eigenvalue weighted by Gasteiger charge is 2.10. The molecule has 2 unspecified atom stereocenters. The van der Waals surface area contributed by atoms with Crippen LogP contribution in [0.2, 0.25) is 0 Å². The molecule has 9 heteroatoms. The number of nitrogens with one attached hydrogen (secondary N) is 2. The Kier molecular flexibility index (Phi) is 4.03. The first kappa shape index (κ1) is 11.9. The lowest BCUT2D eigenvalue weighted by atomic mass is 10.2. The SMILES string of the molecule is O=S(O)Nc1cccc(O)c1NS(=O)O. The third-order valence-corrected chi connectivity index (χ3v) is 2.20. The standard InChI is InChI=1S/C6H8N2O5S2/c9-5-3-1-2-4(7-14(10)11)6(5)8-15(12)13/h1-3,7-9H,(H,10,11)(H,12,13). The van der Waals surface area contributed by atoms with Crippen molar-refractivity contribution in [1.82, 2.24) is 0 Å². The Hall–Kier alpha value is -1.16. The van der Waals surface area contributed by atoms with Gasteiger partial charge in [0.2, 0.25) is 0 Å². The second-order valence-electron chi connectivity index (χ2n) is 2.40. The molecule has 0 saturated carbocycles. The number of hydrogen-bond acceptors (Lipinski definition) is 3. The fraction of sp³-hybridized carbons (Fsp3) is 0. The Labute approximate surface area is 90.4 Å². The number of phenols is 1. The molecule has 15 heavy (non-hydrogen) atoms. The van der Waals surface area contributed by atoms with E-state index in [0.717, 1.165) is 0 Å². The van der Waals surface area contributed by atoms with Crippen LogP contribution in [0.25, 0.3) is 0 Å². The first-order valence-corrected chi connectivity index (χ1v) is 5.79. The molecule has 0 aliphatic carbocycles. The van der Waals surface area contributed by atoms with Crippen molar-refractivity contribution in [1.29, 1.82) is 0 Å². The Morgan fingerprint density at radius 3 is 2.20 bits per heavy atom. The summed E-state index contributed by atoms with van der Waals surface area (Å²) in [5, 5.41) is 9.32. The number of hydrogen-bond donors (Lipinski definition) is 5. The largest absolute Gasteiger partial charge is 0.506 e. The van der Waals surface area contributed by atoms with Crippen molar-refractivity contribution in [3.05, 3.63) is 18.2 Å². The molecule has 0 saturated heterocycles. The van der Waals surface area contributed by atoms with E-state index >= 15 is 0 Å². The van der Waals surface area contributed by atoms with E-state index < -0.39 is 22.5 Å². The maximum Gasteiger partial charge on any atom is 0.259 e. The second-order valence-corrected chi connectivity index (χ2v) is 3.81. The molecule has 1 aromatic carbocycles. The zero-order chi connectivity index (χ0) is 11.4. The van der Waals surface area contributed by atoms with Gasteiger partial charge in [-0.25, -0.2) is 8.42 Å². The first-order chi connectivity index (χ1) is 7.00. The van der Waals surface area contributed by atoms with E-state index in [1.165, 1.54) is 18.2 Å². The van der Waals surface area contributed by atoms with Crippen LogP contribution in [0.15, 0.2) is 18.2 Å². The van der Waals surface area contributed by atoms with Gasteiger partial charge in [0.15, 0.2) is 0 Å². The molecule has 0 spiro atoms. The minimum Gasteiger partial charge on any atom is -0.506 e. The number of benzene rings is 1. The fourth-order valence-corrected chi connectivity index (χ4v) is 1.66. The van der Waals surface area contributed by atoms with Crippen LogP contribution >= 0.6 is 0 Å². The average molecular weight is 252 g/mol. The molecular weight excluding hydrogens is 244 g/mol. The Morgan fingerprint density at radius 1 is 1.07 bits per heavy atom. The lowest BCUT2D eigenvalue weighted by Gasteiger charge is -2.10. The summed E-state index contributed by atoms with van der Waals surface area (Å²) >= 11 is -4.71. The first-order valence-electron chi connectivity index (χ1n) is 3.57. The van der Waals surface area contributed by atoms with Gasteiger partial charge in [0.1, 0.15) is 11.4 Å². The van der Waals surface area contributed by atoms with Gasteiger partial charge in [0, 0.05) is 0 Å². The lowest BCUT2D eigenvalue weighted by molar-refractivity contribution is 0.477. The third kappa shape index (κ3) is 3.47. The number of anilines is 2. The van der Waals surface area contributed by atoms with E-state index in [2.05, 4.69) is 4.72 Å². The maximum atomic E-state index is 10.5. The van der Waals surface area contributed by atoms with Crippen molar-refractivity contribution in [2.75, 3.05) is 9.44 Å². The molecule has 7 nitrogen and oxygen atoms in total. The van der Waals surface area contributed by atoms with Gasteiger partial charge in [-0.2, -0.15) is 0 Å². The Morgan fingerprint density at radius 2 is 1.67 bits per heavy atom. The van der Waals surface area contributed by atoms with Gasteiger partial charge in [-0.3, -0.25) is 18.5 Å². The molecule has 0 amide bonds. The number of phenolic OH excluding ortho intramolecular Hbond substituents is 1. The van der Waals surface area contributed by atoms with E-state index in [-0.39, 0.29) is 17.1 Å². The smallest absolute Gasteiger partial charge is 0.259 e. The molecule has 0 bridgehead atoms. The summed E-state index contributed by atoms with van der Waals surface area (Å²) in [5.74, 6) is -0.312. The zero-order valence-electron chi connectivity index (χ0n) is 7.21. The van der Waals surface area contributed by atoms with Crippen LogP contribution in [0.4, 0.5) is 11.4 Å². The Balaban J connectivity index is 3.08. The summed E-state index contributed by atoms with van der Waals surface area (Å²) in [6.07, 6.45) is 0. The lowest BCUT2D eigenvalue weighted by Crippen LogP contribution is -2.08. The molecule has 0 radical (unpaired) electrons. The number of para-hydroxylation sites is 1. The predicted octanol–water partition coefficient (Wildman–Crippen LogP) is 0.489. The van der Waals surface area contributed by atoms with Crippen LogP contribution in [0.1, 0.15) is 0 Å². The predicted molar refractivity (Wildman–Crippen MR) is 56.9 cm³/mol. The summed E-state index contributed by atoms with van der Waals surface area (Å²) in [6.45, 7) is 0. The normalized spacial score (nSPS) is 14.3. The molecule has 84 valence electrons. The van der Waals surface area contributed by atoms with Gasteiger partial charge >= 0.3 is 0 Å². The molecule has 0 fully saturated rings. The van der Waals surface area contributed by atoms with E-state index in [0.29, 0.717) is 0 Å². The van der Waals surface area contributed by atoms with Crippen molar-refractivity contribution in [2.45, 2.75) is 0 Å². The highest BCUT2D eigenvalue weighted by Crippen LogP contribution is 2.31. The van der Waals surface area contributed by atoms with Gasteiger partial charge in [-0.15, -0.1) is 0 Å². The average Bonchev–Trinajstić information content (AvgIpc) is 2.09. The monoisotopic (exact) mass is 252 g/mol. The summed E-state index contributed by atoms with van der Waals surface area (Å²) in [7, 11) is 0. The molecule has 2 atom stereocenters. The van der Waals surface area contributed by atoms with E-state index in [1.807, 2.05) is 4.72 Å². The quantitative estimate of drug-likeness (QED) is 0.394. The highest BCUT2D eigenvalue weighted by atomic mass is 32.2. The molecule has 5 N–H and O–H groups in total. The van der Waals surface area contributed by atoms with E-state index in [1.54, 1.807) is 0 Å². The fourth-order valence-electron chi connectivity index (χ4n) is 0.914. The van der Waals surface area contributed by atoms with Crippen molar-refractivity contribution in [3.8, 4) is 5.75 Å². The molecule has 0 aromatic heterocycles. The van der Waals surface area contributed by atoms with Gasteiger partial charge in [-0.1, -0.05) is 6.07 Å². The summed E-state index contributed by atoms with van der Waals surface area (Å²) in [4.78, 5) is 0. The van der Waals surface area contributed by atoms with Crippen LogP contribution < -0.4 is 9.44 Å². The number of aromatic hydroxyl groups is 1. The van der Waals surface area contributed by atoms with E-state index in [4.69, 9.17) is 9.11 Å². The molecule has 0 heterocycles. The topological polar surface area (TPSA) is 119 Å². The molecule has 0 aliphatic rings.